The van der Waals surface area contributed by atoms with E-state index in [9.17, 15) is 0 Å². The molecule has 1 aromatic carbocycles. The van der Waals surface area contributed by atoms with E-state index in [0.29, 0.717) is 10.0 Å². The maximum atomic E-state index is 6.13. The van der Waals surface area contributed by atoms with Gasteiger partial charge in [-0.05, 0) is 25.2 Å². The molecule has 0 amide bonds. The quantitative estimate of drug-likeness (QED) is 0.856. The van der Waals surface area contributed by atoms with E-state index in [0.717, 1.165) is 17.4 Å². The van der Waals surface area contributed by atoms with Crippen molar-refractivity contribution in [2.75, 3.05) is 7.05 Å². The van der Waals surface area contributed by atoms with Crippen molar-refractivity contribution < 1.29 is 0 Å². The van der Waals surface area contributed by atoms with Crippen molar-refractivity contribution in [3.05, 3.63) is 33.9 Å². The summed E-state index contributed by atoms with van der Waals surface area (Å²) in [6.45, 7) is 0.819. The topological polar surface area (TPSA) is 17.0 Å². The molecule has 0 saturated heterocycles. The number of aryl methyl sites for hydroxylation is 1. The van der Waals surface area contributed by atoms with E-state index in [1.807, 2.05) is 20.2 Å². The van der Waals surface area contributed by atoms with Crippen LogP contribution in [-0.4, -0.2) is 11.6 Å². The largest absolute Gasteiger partial charge is 0.346 e. The molecule has 1 heterocycles. The van der Waals surface area contributed by atoms with Gasteiger partial charge >= 0.3 is 0 Å². The SMILES string of the molecule is CNCc1cc2c(Cl)cc(Cl)cc2n1C. The second kappa shape index (κ2) is 4.05. The lowest BCUT2D eigenvalue weighted by atomic mass is 10.2. The lowest BCUT2D eigenvalue weighted by Gasteiger charge is -2.03. The second-order valence-corrected chi connectivity index (χ2v) is 4.39. The minimum atomic E-state index is 0.671. The van der Waals surface area contributed by atoms with Gasteiger partial charge < -0.3 is 9.88 Å². The Bertz CT molecular complexity index is 503. The fraction of sp³-hybridized carbons (Fsp3) is 0.273. The molecule has 15 heavy (non-hydrogen) atoms. The molecule has 0 aliphatic carbocycles. The van der Waals surface area contributed by atoms with E-state index in [-0.39, 0.29) is 0 Å². The summed E-state index contributed by atoms with van der Waals surface area (Å²) in [4.78, 5) is 0. The number of nitrogens with zero attached hydrogens (tertiary/aromatic N) is 1. The van der Waals surface area contributed by atoms with Gasteiger partial charge in [-0.15, -0.1) is 0 Å². The van der Waals surface area contributed by atoms with Gasteiger partial charge in [0.25, 0.3) is 0 Å². The van der Waals surface area contributed by atoms with E-state index < -0.39 is 0 Å². The van der Waals surface area contributed by atoms with Crippen LogP contribution in [0, 0.1) is 0 Å². The first-order valence-electron chi connectivity index (χ1n) is 4.71. The van der Waals surface area contributed by atoms with Crippen LogP contribution in [0.1, 0.15) is 5.69 Å². The Morgan fingerprint density at radius 3 is 2.67 bits per heavy atom. The van der Waals surface area contributed by atoms with Gasteiger partial charge in [-0.25, -0.2) is 0 Å². The van der Waals surface area contributed by atoms with E-state index in [1.54, 1.807) is 6.07 Å². The summed E-state index contributed by atoms with van der Waals surface area (Å²) in [7, 11) is 3.94. The van der Waals surface area contributed by atoms with Crippen molar-refractivity contribution in [2.45, 2.75) is 6.54 Å². The first kappa shape index (κ1) is 10.8. The first-order valence-corrected chi connectivity index (χ1v) is 5.47. The van der Waals surface area contributed by atoms with Crippen LogP contribution in [0.4, 0.5) is 0 Å². The van der Waals surface area contributed by atoms with Crippen LogP contribution in [-0.2, 0) is 13.6 Å². The van der Waals surface area contributed by atoms with Crippen LogP contribution < -0.4 is 5.32 Å². The van der Waals surface area contributed by atoms with Crippen LogP contribution in [0.3, 0.4) is 0 Å². The van der Waals surface area contributed by atoms with Gasteiger partial charge in [0.15, 0.2) is 0 Å². The molecule has 4 heteroatoms. The molecular formula is C11H12Cl2N2. The molecule has 0 aliphatic rings. The highest BCUT2D eigenvalue weighted by molar-refractivity contribution is 6.38. The lowest BCUT2D eigenvalue weighted by Crippen LogP contribution is -2.08. The van der Waals surface area contributed by atoms with Crippen molar-refractivity contribution in [3.63, 3.8) is 0 Å². The van der Waals surface area contributed by atoms with Gasteiger partial charge in [0.05, 0.1) is 10.5 Å². The third-order valence-electron chi connectivity index (χ3n) is 2.53. The summed E-state index contributed by atoms with van der Waals surface area (Å²) in [5, 5.41) is 5.55. The normalized spacial score (nSPS) is 11.2. The van der Waals surface area contributed by atoms with Gasteiger partial charge in [0, 0.05) is 29.7 Å². The zero-order valence-electron chi connectivity index (χ0n) is 8.64. The van der Waals surface area contributed by atoms with E-state index in [2.05, 4.69) is 16.0 Å². The molecule has 1 N–H and O–H groups in total. The van der Waals surface area contributed by atoms with Gasteiger partial charge in [-0.1, -0.05) is 23.2 Å². The summed E-state index contributed by atoms with van der Waals surface area (Å²) >= 11 is 12.1. The van der Waals surface area contributed by atoms with Crippen molar-refractivity contribution >= 4 is 34.1 Å². The zero-order chi connectivity index (χ0) is 11.0. The highest BCUT2D eigenvalue weighted by Gasteiger charge is 2.08. The summed E-state index contributed by atoms with van der Waals surface area (Å²) < 4.78 is 2.10. The molecule has 2 rings (SSSR count). The lowest BCUT2D eigenvalue weighted by molar-refractivity contribution is 0.745. The van der Waals surface area contributed by atoms with Crippen LogP contribution in [0.5, 0.6) is 0 Å². The van der Waals surface area contributed by atoms with Crippen molar-refractivity contribution in [1.82, 2.24) is 9.88 Å². The standard InChI is InChI=1S/C11H12Cl2N2/c1-14-6-8-5-9-10(13)3-7(12)4-11(9)15(8)2/h3-5,14H,6H2,1-2H3. The maximum Gasteiger partial charge on any atom is 0.0514 e. The molecule has 2 aromatic rings. The van der Waals surface area contributed by atoms with Gasteiger partial charge in [-0.3, -0.25) is 0 Å². The second-order valence-electron chi connectivity index (χ2n) is 3.55. The van der Waals surface area contributed by atoms with E-state index >= 15 is 0 Å². The number of rotatable bonds is 2. The maximum absolute atomic E-state index is 6.13. The van der Waals surface area contributed by atoms with E-state index in [1.165, 1.54) is 5.69 Å². The molecule has 0 aliphatic heterocycles. The summed E-state index contributed by atoms with van der Waals surface area (Å²) in [6.07, 6.45) is 0. The average Bonchev–Trinajstić information content (AvgIpc) is 2.47. The molecule has 0 bridgehead atoms. The molecule has 0 fully saturated rings. The van der Waals surface area contributed by atoms with Crippen LogP contribution >= 0.6 is 23.2 Å². The fourth-order valence-corrected chi connectivity index (χ4v) is 2.30. The Morgan fingerprint density at radius 2 is 2.00 bits per heavy atom. The third kappa shape index (κ3) is 1.85. The molecule has 0 spiro atoms. The Labute approximate surface area is 98.8 Å². The Kier molecular flexibility index (Phi) is 2.91. The van der Waals surface area contributed by atoms with Crippen LogP contribution in [0.2, 0.25) is 10.0 Å². The van der Waals surface area contributed by atoms with Crippen LogP contribution in [0.25, 0.3) is 10.9 Å². The molecule has 1 aromatic heterocycles. The Balaban J connectivity index is 2.70. The number of aromatic nitrogens is 1. The van der Waals surface area contributed by atoms with Gasteiger partial charge in [-0.2, -0.15) is 0 Å². The van der Waals surface area contributed by atoms with Crippen LogP contribution in [0.15, 0.2) is 18.2 Å². The highest BCUT2D eigenvalue weighted by atomic mass is 35.5. The third-order valence-corrected chi connectivity index (χ3v) is 3.06. The Morgan fingerprint density at radius 1 is 1.27 bits per heavy atom. The number of nitrogens with one attached hydrogen (secondary N) is 1. The predicted molar refractivity (Wildman–Crippen MR) is 65.7 cm³/mol. The van der Waals surface area contributed by atoms with Gasteiger partial charge in [0.1, 0.15) is 0 Å². The monoisotopic (exact) mass is 242 g/mol. The number of hydrogen-bond donors (Lipinski definition) is 1. The van der Waals surface area contributed by atoms with E-state index in [4.69, 9.17) is 23.2 Å². The minimum Gasteiger partial charge on any atom is -0.346 e. The smallest absolute Gasteiger partial charge is 0.0514 e. The van der Waals surface area contributed by atoms with Gasteiger partial charge in [0.2, 0.25) is 0 Å². The number of hydrogen-bond acceptors (Lipinski definition) is 1. The minimum absolute atomic E-state index is 0.671. The van der Waals surface area contributed by atoms with Crippen molar-refractivity contribution in [1.29, 1.82) is 0 Å². The molecule has 2 nitrogen and oxygen atoms in total. The molecule has 80 valence electrons. The fourth-order valence-electron chi connectivity index (χ4n) is 1.76. The number of fused-ring (bicyclic) bond motifs is 1. The summed E-state index contributed by atoms with van der Waals surface area (Å²) in [6, 6.07) is 5.79. The molecular weight excluding hydrogens is 231 g/mol. The van der Waals surface area contributed by atoms with Crippen molar-refractivity contribution in [2.24, 2.45) is 7.05 Å². The molecule has 0 radical (unpaired) electrons. The average molecular weight is 243 g/mol. The highest BCUT2D eigenvalue weighted by Crippen LogP contribution is 2.29. The predicted octanol–water partition coefficient (Wildman–Crippen LogP) is 3.20. The molecule has 0 atom stereocenters. The Hall–Kier alpha value is -0.700. The summed E-state index contributed by atoms with van der Waals surface area (Å²) in [5.41, 5.74) is 2.26. The zero-order valence-corrected chi connectivity index (χ0v) is 10.2. The molecule has 0 saturated carbocycles. The summed E-state index contributed by atoms with van der Waals surface area (Å²) in [5.74, 6) is 0. The van der Waals surface area contributed by atoms with Crippen molar-refractivity contribution in [3.8, 4) is 0 Å². The number of benzene rings is 1. The molecule has 0 unspecified atom stereocenters. The first-order chi connectivity index (χ1) is 7.13. The number of halogens is 2.